The van der Waals surface area contributed by atoms with E-state index in [-0.39, 0.29) is 5.91 Å². The third-order valence-corrected chi connectivity index (χ3v) is 3.25. The molecule has 1 aromatic heterocycles. The Bertz CT molecular complexity index is 727. The lowest BCUT2D eigenvalue weighted by atomic mass is 10.1. The standard InChI is InChI=1S/C15H11ClN2O2/c1-9-13(15(19)18-17-9)8-12-6-7-14(20-12)10-2-4-11(16)5-3-10/h2-8H,1H3,(H,18,19). The highest BCUT2D eigenvalue weighted by Gasteiger charge is 2.19. The summed E-state index contributed by atoms with van der Waals surface area (Å²) in [5.41, 5.74) is 4.51. The SMILES string of the molecule is CC1=NNC(=O)C1=Cc1ccc(-c2ccc(Cl)cc2)o1. The molecule has 0 radical (unpaired) electrons. The molecule has 1 aromatic carbocycles. The summed E-state index contributed by atoms with van der Waals surface area (Å²) in [7, 11) is 0. The highest BCUT2D eigenvalue weighted by atomic mass is 35.5. The Labute approximate surface area is 120 Å². The first-order valence-electron chi connectivity index (χ1n) is 6.06. The average molecular weight is 287 g/mol. The lowest BCUT2D eigenvalue weighted by molar-refractivity contribution is -0.116. The van der Waals surface area contributed by atoms with Crippen molar-refractivity contribution in [3.05, 3.63) is 52.8 Å². The van der Waals surface area contributed by atoms with Crippen molar-refractivity contribution in [3.63, 3.8) is 0 Å². The molecule has 1 aliphatic rings. The predicted octanol–water partition coefficient (Wildman–Crippen LogP) is 3.49. The fourth-order valence-electron chi connectivity index (χ4n) is 1.93. The number of benzene rings is 1. The van der Waals surface area contributed by atoms with E-state index < -0.39 is 0 Å². The van der Waals surface area contributed by atoms with Gasteiger partial charge in [0.2, 0.25) is 0 Å². The van der Waals surface area contributed by atoms with Crippen LogP contribution in [0.15, 0.2) is 51.5 Å². The van der Waals surface area contributed by atoms with Crippen LogP contribution in [0.1, 0.15) is 12.7 Å². The van der Waals surface area contributed by atoms with E-state index in [1.807, 2.05) is 24.3 Å². The van der Waals surface area contributed by atoms with Crippen molar-refractivity contribution in [1.29, 1.82) is 0 Å². The lowest BCUT2D eigenvalue weighted by Crippen LogP contribution is -2.12. The first-order chi connectivity index (χ1) is 9.63. The van der Waals surface area contributed by atoms with E-state index >= 15 is 0 Å². The molecule has 4 nitrogen and oxygen atoms in total. The Morgan fingerprint density at radius 2 is 1.95 bits per heavy atom. The third kappa shape index (κ3) is 2.38. The van der Waals surface area contributed by atoms with E-state index in [0.717, 1.165) is 11.3 Å². The van der Waals surface area contributed by atoms with Crippen LogP contribution in [0, 0.1) is 0 Å². The van der Waals surface area contributed by atoms with Gasteiger partial charge in [-0.2, -0.15) is 5.10 Å². The van der Waals surface area contributed by atoms with Crippen molar-refractivity contribution >= 4 is 29.3 Å². The van der Waals surface area contributed by atoms with Gasteiger partial charge in [0.25, 0.3) is 5.91 Å². The summed E-state index contributed by atoms with van der Waals surface area (Å²) >= 11 is 5.85. The number of hydrogen-bond acceptors (Lipinski definition) is 3. The number of carbonyl (C=O) groups excluding carboxylic acids is 1. The van der Waals surface area contributed by atoms with Gasteiger partial charge in [-0.15, -0.1) is 0 Å². The van der Waals surface area contributed by atoms with Crippen LogP contribution in [0.4, 0.5) is 0 Å². The minimum absolute atomic E-state index is 0.216. The maximum absolute atomic E-state index is 11.6. The van der Waals surface area contributed by atoms with Crippen LogP contribution in [-0.2, 0) is 4.79 Å². The van der Waals surface area contributed by atoms with Gasteiger partial charge in [-0.1, -0.05) is 11.6 Å². The quantitative estimate of drug-likeness (QED) is 0.859. The summed E-state index contributed by atoms with van der Waals surface area (Å²) in [4.78, 5) is 11.6. The van der Waals surface area contributed by atoms with E-state index in [0.29, 0.717) is 22.1 Å². The van der Waals surface area contributed by atoms with Gasteiger partial charge >= 0.3 is 0 Å². The van der Waals surface area contributed by atoms with Crippen LogP contribution in [0.5, 0.6) is 0 Å². The summed E-state index contributed by atoms with van der Waals surface area (Å²) in [6, 6.07) is 11.0. The summed E-state index contributed by atoms with van der Waals surface area (Å²) in [5, 5.41) is 4.54. The van der Waals surface area contributed by atoms with Crippen LogP contribution in [0.3, 0.4) is 0 Å². The molecular weight excluding hydrogens is 276 g/mol. The molecular formula is C15H11ClN2O2. The van der Waals surface area contributed by atoms with Crippen molar-refractivity contribution in [1.82, 2.24) is 5.43 Å². The largest absolute Gasteiger partial charge is 0.457 e. The van der Waals surface area contributed by atoms with Gasteiger partial charge < -0.3 is 4.42 Å². The molecule has 0 atom stereocenters. The van der Waals surface area contributed by atoms with Crippen molar-refractivity contribution in [2.45, 2.75) is 6.92 Å². The number of nitrogens with zero attached hydrogens (tertiary/aromatic N) is 1. The van der Waals surface area contributed by atoms with Crippen molar-refractivity contribution in [2.24, 2.45) is 5.10 Å². The van der Waals surface area contributed by atoms with E-state index in [9.17, 15) is 4.79 Å². The Morgan fingerprint density at radius 3 is 2.60 bits per heavy atom. The molecule has 0 saturated heterocycles. The third-order valence-electron chi connectivity index (χ3n) is 3.00. The maximum atomic E-state index is 11.6. The Kier molecular flexibility index (Phi) is 3.16. The molecule has 100 valence electrons. The van der Waals surface area contributed by atoms with Crippen LogP contribution in [-0.4, -0.2) is 11.6 Å². The number of carbonyl (C=O) groups is 1. The monoisotopic (exact) mass is 286 g/mol. The zero-order chi connectivity index (χ0) is 14.1. The second-order valence-electron chi connectivity index (χ2n) is 4.41. The number of nitrogens with one attached hydrogen (secondary N) is 1. The van der Waals surface area contributed by atoms with Crippen molar-refractivity contribution < 1.29 is 9.21 Å². The Hall–Kier alpha value is -2.33. The normalized spacial score (nSPS) is 16.4. The minimum atomic E-state index is -0.216. The second kappa shape index (κ2) is 4.98. The zero-order valence-corrected chi connectivity index (χ0v) is 11.4. The second-order valence-corrected chi connectivity index (χ2v) is 4.84. The number of hydrogen-bond donors (Lipinski definition) is 1. The molecule has 0 fully saturated rings. The molecule has 0 saturated carbocycles. The molecule has 0 aliphatic carbocycles. The molecule has 20 heavy (non-hydrogen) atoms. The number of amides is 1. The fraction of sp³-hybridized carbons (Fsp3) is 0.0667. The molecule has 1 N–H and O–H groups in total. The number of hydrazone groups is 1. The molecule has 0 spiro atoms. The predicted molar refractivity (Wildman–Crippen MR) is 78.4 cm³/mol. The highest BCUT2D eigenvalue weighted by molar-refractivity contribution is 6.30. The van der Waals surface area contributed by atoms with Crippen molar-refractivity contribution in [3.8, 4) is 11.3 Å². The summed E-state index contributed by atoms with van der Waals surface area (Å²) in [5.74, 6) is 1.12. The molecule has 2 heterocycles. The van der Waals surface area contributed by atoms with Gasteiger partial charge in [-0.25, -0.2) is 5.43 Å². The smallest absolute Gasteiger partial charge is 0.273 e. The fourth-order valence-corrected chi connectivity index (χ4v) is 2.06. The first-order valence-corrected chi connectivity index (χ1v) is 6.44. The van der Waals surface area contributed by atoms with Gasteiger partial charge in [0.1, 0.15) is 11.5 Å². The first kappa shape index (κ1) is 12.7. The topological polar surface area (TPSA) is 54.6 Å². The summed E-state index contributed by atoms with van der Waals surface area (Å²) in [6.45, 7) is 1.77. The van der Waals surface area contributed by atoms with Gasteiger partial charge in [0.05, 0.1) is 11.3 Å². The van der Waals surface area contributed by atoms with Crippen LogP contribution >= 0.6 is 11.6 Å². The lowest BCUT2D eigenvalue weighted by Gasteiger charge is -1.97. The average Bonchev–Trinajstić information content (AvgIpc) is 3.02. The number of halogens is 1. The molecule has 0 bridgehead atoms. The highest BCUT2D eigenvalue weighted by Crippen LogP contribution is 2.25. The summed E-state index contributed by atoms with van der Waals surface area (Å²) in [6.07, 6.45) is 1.68. The molecule has 1 aliphatic heterocycles. The van der Waals surface area contributed by atoms with Gasteiger partial charge in [-0.05, 0) is 49.4 Å². The minimum Gasteiger partial charge on any atom is -0.457 e. The molecule has 2 aromatic rings. The zero-order valence-electron chi connectivity index (χ0n) is 10.7. The van der Waals surface area contributed by atoms with E-state index in [1.54, 1.807) is 25.1 Å². The van der Waals surface area contributed by atoms with Crippen LogP contribution in [0.25, 0.3) is 17.4 Å². The summed E-state index contributed by atoms with van der Waals surface area (Å²) < 4.78 is 5.71. The van der Waals surface area contributed by atoms with Crippen molar-refractivity contribution in [2.75, 3.05) is 0 Å². The molecule has 0 unspecified atom stereocenters. The number of rotatable bonds is 2. The van der Waals surface area contributed by atoms with Gasteiger partial charge in [0.15, 0.2) is 0 Å². The molecule has 1 amide bonds. The van der Waals surface area contributed by atoms with Crippen LogP contribution in [0.2, 0.25) is 5.02 Å². The molecule has 5 heteroatoms. The maximum Gasteiger partial charge on any atom is 0.273 e. The van der Waals surface area contributed by atoms with Crippen LogP contribution < -0.4 is 5.43 Å². The van der Waals surface area contributed by atoms with Gasteiger partial charge in [-0.3, -0.25) is 4.79 Å². The number of furan rings is 1. The molecule has 3 rings (SSSR count). The Morgan fingerprint density at radius 1 is 1.20 bits per heavy atom. The van der Waals surface area contributed by atoms with E-state index in [4.69, 9.17) is 16.0 Å². The van der Waals surface area contributed by atoms with Gasteiger partial charge in [0, 0.05) is 10.6 Å². The van der Waals surface area contributed by atoms with E-state index in [1.165, 1.54) is 0 Å². The Balaban J connectivity index is 1.91. The van der Waals surface area contributed by atoms with E-state index in [2.05, 4.69) is 10.5 Å².